The standard InChI is InChI=1S/C135H82N8O6/c1-135(2)114-36-17-21-40-121(114)142(95-56-45-80(46-57-95)79-23-6-3-7-24-79)122-66-55-90(72-115(122)135)83-49-60-93(61-50-83)140-117-38-19-15-33-100(117)108-74-112-104-68-86(52-63-103(104)133(145)148-128(112)76-123(108)140)81-41-43-85(44-42-81)130-136-129(84-25-8-4-9-26-84)137-131(138-130)91-27-22-30-96(67-91)143-118-39-20-16-34-101(118)107-73-111-98-62-51-87(71-113(98)134(146)149-127(111)77-124(107)143)82-47-58-94(59-48-82)141-120-65-54-89(70-106(120)109-75-110-97-31-12-13-35-102(97)132(144)147-126(110)78-125(109)141)88-53-64-119-105(69-88)99-32-14-18-37-116(99)139(119)92-28-10-5-11-29-92/h3-78H,1-2H3. The smallest absolute Gasteiger partial charge is 0.344 e. The molecule has 14 heteroatoms. The minimum atomic E-state index is -0.450. The third-order valence-corrected chi connectivity index (χ3v) is 30.9. The van der Waals surface area contributed by atoms with Crippen LogP contribution in [0, 0.1) is 0 Å². The van der Waals surface area contributed by atoms with Gasteiger partial charge >= 0.3 is 16.9 Å². The van der Waals surface area contributed by atoms with Crippen molar-refractivity contribution in [1.82, 2.24) is 33.2 Å². The minimum Gasteiger partial charge on any atom is -0.422 e. The Hall–Kier alpha value is -20.0. The van der Waals surface area contributed by atoms with Crippen LogP contribution in [0.15, 0.2) is 489 Å². The Morgan fingerprint density at radius 3 is 1.05 bits per heavy atom. The molecule has 0 N–H and O–H groups in total. The van der Waals surface area contributed by atoms with Gasteiger partial charge in [-0.05, 0) is 241 Å². The molecule has 0 saturated heterocycles. The van der Waals surface area contributed by atoms with Crippen LogP contribution < -0.4 is 21.8 Å². The number of hydrogen-bond acceptors (Lipinski definition) is 10. The van der Waals surface area contributed by atoms with Crippen LogP contribution in [0.25, 0.3) is 265 Å². The maximum absolute atomic E-state index is 14.8. The molecule has 0 bridgehead atoms. The maximum atomic E-state index is 14.8. The average Bonchev–Trinajstić information content (AvgIpc) is 1.76. The van der Waals surface area contributed by atoms with Crippen LogP contribution in [-0.2, 0) is 5.41 Å². The van der Waals surface area contributed by atoms with Crippen LogP contribution in [0.3, 0.4) is 0 Å². The second-order valence-corrected chi connectivity index (χ2v) is 39.5. The fourth-order valence-electron chi connectivity index (χ4n) is 23.7. The Labute approximate surface area is 850 Å². The van der Waals surface area contributed by atoms with Crippen molar-refractivity contribution < 1.29 is 13.3 Å². The molecule has 0 spiro atoms. The predicted octanol–water partition coefficient (Wildman–Crippen LogP) is 33.5. The fourth-order valence-corrected chi connectivity index (χ4v) is 23.7. The molecule has 1 aliphatic heterocycles. The molecule has 30 rings (SSSR count). The monoisotopic (exact) mass is 1910 g/mol. The van der Waals surface area contributed by atoms with E-state index in [-0.39, 0.29) is 11.0 Å². The van der Waals surface area contributed by atoms with Gasteiger partial charge in [0.25, 0.3) is 0 Å². The highest BCUT2D eigenvalue weighted by molar-refractivity contribution is 6.22. The number of anilines is 3. The number of para-hydroxylation sites is 5. The first kappa shape index (κ1) is 84.7. The third kappa shape index (κ3) is 13.4. The molecule has 8 aromatic heterocycles. The molecule has 29 aromatic rings. The summed E-state index contributed by atoms with van der Waals surface area (Å²) in [5.74, 6) is 1.49. The van der Waals surface area contributed by atoms with Gasteiger partial charge in [0.05, 0.1) is 71.7 Å². The number of aromatic nitrogens is 7. The third-order valence-electron chi connectivity index (χ3n) is 30.9. The molecule has 1 aliphatic rings. The second kappa shape index (κ2) is 32.8. The van der Waals surface area contributed by atoms with Gasteiger partial charge in [-0.2, -0.15) is 0 Å². The molecule has 0 fully saturated rings. The highest BCUT2D eigenvalue weighted by atomic mass is 16.4. The molecule has 0 saturated carbocycles. The molecule has 698 valence electrons. The van der Waals surface area contributed by atoms with Crippen molar-refractivity contribution in [2.75, 3.05) is 4.90 Å². The number of fused-ring (bicyclic) bond motifs is 23. The van der Waals surface area contributed by atoms with Crippen molar-refractivity contribution >= 4 is 170 Å². The van der Waals surface area contributed by atoms with E-state index in [0.717, 1.165) is 204 Å². The molecule has 0 amide bonds. The van der Waals surface area contributed by atoms with Crippen molar-refractivity contribution in [3.8, 4) is 113 Å². The minimum absolute atomic E-state index is 0.287. The Morgan fingerprint density at radius 2 is 0.490 bits per heavy atom. The van der Waals surface area contributed by atoms with Gasteiger partial charge in [0.15, 0.2) is 17.5 Å². The lowest BCUT2D eigenvalue weighted by atomic mass is 9.73. The maximum Gasteiger partial charge on any atom is 0.344 e. The topological polar surface area (TPSA) is 152 Å². The van der Waals surface area contributed by atoms with E-state index in [1.54, 1.807) is 0 Å². The second-order valence-electron chi connectivity index (χ2n) is 39.5. The summed E-state index contributed by atoms with van der Waals surface area (Å²) in [5, 5.41) is 14.9. The molecule has 0 radical (unpaired) electrons. The molecule has 14 nitrogen and oxygen atoms in total. The lowest BCUT2D eigenvalue weighted by molar-refractivity contribution is 0.569. The summed E-state index contributed by atoms with van der Waals surface area (Å²) in [6.45, 7) is 4.67. The molecule has 149 heavy (non-hydrogen) atoms. The summed E-state index contributed by atoms with van der Waals surface area (Å²) in [4.78, 5) is 60.9. The molecule has 9 heterocycles. The summed E-state index contributed by atoms with van der Waals surface area (Å²) >= 11 is 0. The number of nitrogens with zero attached hydrogens (tertiary/aromatic N) is 8. The van der Waals surface area contributed by atoms with Gasteiger partial charge in [-0.25, -0.2) is 29.3 Å². The Morgan fingerprint density at radius 1 is 0.181 bits per heavy atom. The highest BCUT2D eigenvalue weighted by Gasteiger charge is 2.38. The van der Waals surface area contributed by atoms with Crippen LogP contribution in [0.5, 0.6) is 0 Å². The number of hydrogen-bond donors (Lipinski definition) is 0. The zero-order valence-corrected chi connectivity index (χ0v) is 80.4. The summed E-state index contributed by atoms with van der Waals surface area (Å²) < 4.78 is 28.0. The molecule has 0 aliphatic carbocycles. The Balaban J connectivity index is 0.457. The number of benzene rings is 21. The van der Waals surface area contributed by atoms with Gasteiger partial charge in [0.1, 0.15) is 16.7 Å². The SMILES string of the molecule is CC1(C)c2ccccc2N(c2ccc(-c3ccccc3)cc2)c2ccc(-c3ccc(-n4c5ccccc5c5cc6c(cc54)oc(=O)c4ccc(-c5ccc(-c7nc(-c8ccccc8)nc(-c8cccc(-n9c%10ccccc%10c%10cc%11c(cc%109)oc(=O)c9cc(-c%10ccc(-n%12c%13ccc(-c%14ccc%15c(c%14)c%14ccccc%14n%15-c%14ccccc%14)cc%13c%13cc%14c(cc%13%12)oc(=O)c%12ccccc%12%14)cc%10)ccc9%11)c8)n7)cc5)cc46)cc3)cc21. The van der Waals surface area contributed by atoms with Crippen LogP contribution >= 0.6 is 0 Å². The molecule has 0 atom stereocenters. The first-order valence-corrected chi connectivity index (χ1v) is 50.2. The van der Waals surface area contributed by atoms with Crippen LogP contribution in [-0.4, -0.2) is 33.2 Å². The van der Waals surface area contributed by atoms with E-state index in [1.807, 2.05) is 127 Å². The largest absolute Gasteiger partial charge is 0.422 e. The molecular formula is C135H82N8O6. The van der Waals surface area contributed by atoms with Gasteiger partial charge < -0.3 is 36.4 Å². The van der Waals surface area contributed by atoms with Gasteiger partial charge in [-0.15, -0.1) is 0 Å². The summed E-state index contributed by atoms with van der Waals surface area (Å²) in [6, 6.07) is 161. The van der Waals surface area contributed by atoms with Crippen LogP contribution in [0.1, 0.15) is 25.0 Å². The van der Waals surface area contributed by atoms with E-state index in [4.69, 9.17) is 28.2 Å². The molecule has 21 aromatic carbocycles. The van der Waals surface area contributed by atoms with Crippen molar-refractivity contribution in [1.29, 1.82) is 0 Å². The molecular weight excluding hydrogens is 1830 g/mol. The van der Waals surface area contributed by atoms with Gasteiger partial charge in [-0.1, -0.05) is 293 Å². The highest BCUT2D eigenvalue weighted by Crippen LogP contribution is 2.54. The summed E-state index contributed by atoms with van der Waals surface area (Å²) in [7, 11) is 0. The van der Waals surface area contributed by atoms with E-state index in [9.17, 15) is 14.4 Å². The quantitative estimate of drug-likeness (QED) is 0.0805. The average molecular weight is 1910 g/mol. The van der Waals surface area contributed by atoms with E-state index in [0.29, 0.717) is 50.4 Å². The van der Waals surface area contributed by atoms with E-state index in [2.05, 4.69) is 371 Å². The number of rotatable bonds is 13. The zero-order chi connectivity index (χ0) is 98.7. The van der Waals surface area contributed by atoms with Gasteiger partial charge in [-0.3, -0.25) is 0 Å². The van der Waals surface area contributed by atoms with Crippen molar-refractivity contribution in [3.05, 3.63) is 503 Å². The van der Waals surface area contributed by atoms with Gasteiger partial charge in [0.2, 0.25) is 0 Å². The van der Waals surface area contributed by atoms with Gasteiger partial charge in [0, 0.05) is 133 Å². The Kier molecular flexibility index (Phi) is 18.6. The summed E-state index contributed by atoms with van der Waals surface area (Å²) in [6.07, 6.45) is 0. The van der Waals surface area contributed by atoms with Crippen molar-refractivity contribution in [2.45, 2.75) is 19.3 Å². The van der Waals surface area contributed by atoms with Crippen LogP contribution in [0.2, 0.25) is 0 Å². The first-order chi connectivity index (χ1) is 73.3. The van der Waals surface area contributed by atoms with E-state index in [1.165, 1.54) is 38.7 Å². The lowest BCUT2D eigenvalue weighted by Crippen LogP contribution is -2.30. The summed E-state index contributed by atoms with van der Waals surface area (Å²) in [5.41, 5.74) is 30.4. The fraction of sp³-hybridized carbons (Fsp3) is 0.0222. The lowest BCUT2D eigenvalue weighted by Gasteiger charge is -2.42. The molecule has 0 unspecified atom stereocenters. The Bertz CT molecular complexity index is 11000. The van der Waals surface area contributed by atoms with Crippen LogP contribution in [0.4, 0.5) is 17.1 Å². The van der Waals surface area contributed by atoms with E-state index >= 15 is 0 Å². The zero-order valence-electron chi connectivity index (χ0n) is 80.4. The van der Waals surface area contributed by atoms with E-state index < -0.39 is 11.3 Å². The van der Waals surface area contributed by atoms with Crippen molar-refractivity contribution in [2.24, 2.45) is 0 Å². The first-order valence-electron chi connectivity index (χ1n) is 50.2. The van der Waals surface area contributed by atoms with Crippen molar-refractivity contribution in [3.63, 3.8) is 0 Å². The normalized spacial score (nSPS) is 12.6. The predicted molar refractivity (Wildman–Crippen MR) is 608 cm³/mol.